The van der Waals surface area contributed by atoms with Gasteiger partial charge in [0.25, 0.3) is 5.91 Å². The van der Waals surface area contributed by atoms with Gasteiger partial charge in [0.2, 0.25) is 0 Å². The molecule has 5 heteroatoms. The summed E-state index contributed by atoms with van der Waals surface area (Å²) in [6.07, 6.45) is 0. The lowest BCUT2D eigenvalue weighted by molar-refractivity contribution is -0.123. The minimum atomic E-state index is -0.375. The largest absolute Gasteiger partial charge is 0.484 e. The van der Waals surface area contributed by atoms with Gasteiger partial charge in [0, 0.05) is 6.54 Å². The van der Waals surface area contributed by atoms with Crippen molar-refractivity contribution in [3.05, 3.63) is 65.2 Å². The minimum absolute atomic E-state index is 0.0787. The SMILES string of the molecule is CCOC(=O)c1ccc(OCC(=O)NCc2ccccc2C)cc1. The van der Waals surface area contributed by atoms with E-state index in [-0.39, 0.29) is 18.5 Å². The summed E-state index contributed by atoms with van der Waals surface area (Å²) < 4.78 is 10.3. The zero-order chi connectivity index (χ0) is 17.4. The third-order valence-corrected chi connectivity index (χ3v) is 3.47. The molecule has 24 heavy (non-hydrogen) atoms. The van der Waals surface area contributed by atoms with Gasteiger partial charge in [0.05, 0.1) is 12.2 Å². The predicted molar refractivity (Wildman–Crippen MR) is 90.9 cm³/mol. The Balaban J connectivity index is 1.79. The van der Waals surface area contributed by atoms with E-state index < -0.39 is 0 Å². The molecule has 0 atom stereocenters. The molecule has 126 valence electrons. The van der Waals surface area contributed by atoms with E-state index in [2.05, 4.69) is 5.32 Å². The highest BCUT2D eigenvalue weighted by molar-refractivity contribution is 5.89. The summed E-state index contributed by atoms with van der Waals surface area (Å²) in [7, 11) is 0. The van der Waals surface area contributed by atoms with E-state index in [9.17, 15) is 9.59 Å². The van der Waals surface area contributed by atoms with E-state index in [1.54, 1.807) is 31.2 Å². The van der Waals surface area contributed by atoms with E-state index in [1.165, 1.54) is 0 Å². The summed E-state index contributed by atoms with van der Waals surface area (Å²) in [5.74, 6) is -0.0539. The number of hydrogen-bond donors (Lipinski definition) is 1. The number of carbonyl (C=O) groups excluding carboxylic acids is 2. The first-order valence-corrected chi connectivity index (χ1v) is 7.81. The Bertz CT molecular complexity index is 695. The van der Waals surface area contributed by atoms with Crippen molar-refractivity contribution in [2.45, 2.75) is 20.4 Å². The van der Waals surface area contributed by atoms with Gasteiger partial charge in [0.15, 0.2) is 6.61 Å². The molecule has 0 aromatic heterocycles. The monoisotopic (exact) mass is 327 g/mol. The molecular formula is C19H21NO4. The molecule has 5 nitrogen and oxygen atoms in total. The van der Waals surface area contributed by atoms with Crippen LogP contribution in [-0.4, -0.2) is 25.1 Å². The van der Waals surface area contributed by atoms with E-state index in [0.29, 0.717) is 24.5 Å². The molecular weight excluding hydrogens is 306 g/mol. The smallest absolute Gasteiger partial charge is 0.338 e. The fraction of sp³-hybridized carbons (Fsp3) is 0.263. The predicted octanol–water partition coefficient (Wildman–Crippen LogP) is 2.87. The summed E-state index contributed by atoms with van der Waals surface area (Å²) >= 11 is 0. The van der Waals surface area contributed by atoms with Gasteiger partial charge >= 0.3 is 5.97 Å². The second-order valence-corrected chi connectivity index (χ2v) is 5.24. The van der Waals surface area contributed by atoms with Crippen LogP contribution in [0.5, 0.6) is 5.75 Å². The number of benzene rings is 2. The first-order valence-electron chi connectivity index (χ1n) is 7.81. The minimum Gasteiger partial charge on any atom is -0.484 e. The average Bonchev–Trinajstić information content (AvgIpc) is 2.60. The highest BCUT2D eigenvalue weighted by Gasteiger charge is 2.07. The molecule has 1 N–H and O–H groups in total. The molecule has 0 aliphatic carbocycles. The van der Waals surface area contributed by atoms with Gasteiger partial charge in [-0.15, -0.1) is 0 Å². The van der Waals surface area contributed by atoms with Crippen molar-refractivity contribution in [3.63, 3.8) is 0 Å². The second-order valence-electron chi connectivity index (χ2n) is 5.24. The number of nitrogens with one attached hydrogen (secondary N) is 1. The van der Waals surface area contributed by atoms with Crippen LogP contribution in [0.15, 0.2) is 48.5 Å². The Morgan fingerprint density at radius 2 is 1.75 bits per heavy atom. The van der Waals surface area contributed by atoms with E-state index >= 15 is 0 Å². The third-order valence-electron chi connectivity index (χ3n) is 3.47. The number of rotatable bonds is 7. The molecule has 0 bridgehead atoms. The van der Waals surface area contributed by atoms with Crippen LogP contribution >= 0.6 is 0 Å². The zero-order valence-electron chi connectivity index (χ0n) is 13.9. The lowest BCUT2D eigenvalue weighted by Crippen LogP contribution is -2.28. The van der Waals surface area contributed by atoms with Crippen molar-refractivity contribution in [1.29, 1.82) is 0 Å². The normalized spacial score (nSPS) is 10.1. The van der Waals surface area contributed by atoms with Crippen LogP contribution in [0.3, 0.4) is 0 Å². The topological polar surface area (TPSA) is 64.6 Å². The van der Waals surface area contributed by atoms with Gasteiger partial charge in [-0.1, -0.05) is 24.3 Å². The Labute approximate surface area is 141 Å². The lowest BCUT2D eigenvalue weighted by atomic mass is 10.1. The maximum atomic E-state index is 11.9. The van der Waals surface area contributed by atoms with Gasteiger partial charge in [-0.3, -0.25) is 4.79 Å². The average molecular weight is 327 g/mol. The van der Waals surface area contributed by atoms with Gasteiger partial charge in [-0.2, -0.15) is 0 Å². The number of hydrogen-bond acceptors (Lipinski definition) is 4. The molecule has 2 aromatic rings. The molecule has 0 spiro atoms. The first-order chi connectivity index (χ1) is 11.6. The number of ether oxygens (including phenoxy) is 2. The molecule has 0 unspecified atom stereocenters. The molecule has 0 fully saturated rings. The summed E-state index contributed by atoms with van der Waals surface area (Å²) in [6.45, 7) is 4.48. The van der Waals surface area contributed by atoms with E-state index in [1.807, 2.05) is 31.2 Å². The van der Waals surface area contributed by atoms with Crippen molar-refractivity contribution < 1.29 is 19.1 Å². The number of carbonyl (C=O) groups is 2. The maximum Gasteiger partial charge on any atom is 0.338 e. The van der Waals surface area contributed by atoms with Crippen LogP contribution in [0, 0.1) is 6.92 Å². The van der Waals surface area contributed by atoms with Crippen molar-refractivity contribution >= 4 is 11.9 Å². The van der Waals surface area contributed by atoms with Crippen LogP contribution in [0.25, 0.3) is 0 Å². The summed E-state index contributed by atoms with van der Waals surface area (Å²) in [5.41, 5.74) is 2.66. The standard InChI is InChI=1S/C19H21NO4/c1-3-23-19(22)15-8-10-17(11-9-15)24-13-18(21)20-12-16-7-5-4-6-14(16)2/h4-11H,3,12-13H2,1-2H3,(H,20,21). The fourth-order valence-corrected chi connectivity index (χ4v) is 2.10. The van der Waals surface area contributed by atoms with E-state index in [4.69, 9.17) is 9.47 Å². The van der Waals surface area contributed by atoms with Crippen molar-refractivity contribution in [1.82, 2.24) is 5.32 Å². The Morgan fingerprint density at radius 1 is 1.04 bits per heavy atom. The molecule has 0 aliphatic heterocycles. The van der Waals surface area contributed by atoms with Crippen molar-refractivity contribution in [2.75, 3.05) is 13.2 Å². The second kappa shape index (κ2) is 8.72. The zero-order valence-corrected chi connectivity index (χ0v) is 13.9. The first kappa shape index (κ1) is 17.5. The molecule has 0 heterocycles. The number of amides is 1. The van der Waals surface area contributed by atoms with Gasteiger partial charge < -0.3 is 14.8 Å². The van der Waals surface area contributed by atoms with Gasteiger partial charge in [-0.25, -0.2) is 4.79 Å². The van der Waals surface area contributed by atoms with Gasteiger partial charge in [0.1, 0.15) is 5.75 Å². The molecule has 0 aliphatic rings. The Morgan fingerprint density at radius 3 is 2.42 bits per heavy atom. The van der Waals surface area contributed by atoms with Gasteiger partial charge in [-0.05, 0) is 49.2 Å². The highest BCUT2D eigenvalue weighted by Crippen LogP contribution is 2.13. The van der Waals surface area contributed by atoms with E-state index in [0.717, 1.165) is 11.1 Å². The van der Waals surface area contributed by atoms with Crippen LogP contribution in [0.1, 0.15) is 28.4 Å². The molecule has 0 radical (unpaired) electrons. The van der Waals surface area contributed by atoms with Crippen molar-refractivity contribution in [3.8, 4) is 5.75 Å². The summed E-state index contributed by atoms with van der Waals surface area (Å²) in [6, 6.07) is 14.4. The summed E-state index contributed by atoms with van der Waals surface area (Å²) in [4.78, 5) is 23.4. The van der Waals surface area contributed by atoms with Crippen LogP contribution in [0.2, 0.25) is 0 Å². The lowest BCUT2D eigenvalue weighted by Gasteiger charge is -2.09. The Hall–Kier alpha value is -2.82. The Kier molecular flexibility index (Phi) is 6.37. The molecule has 0 saturated carbocycles. The molecule has 2 aromatic carbocycles. The van der Waals surface area contributed by atoms with Crippen molar-refractivity contribution in [2.24, 2.45) is 0 Å². The third kappa shape index (κ3) is 5.12. The quantitative estimate of drug-likeness (QED) is 0.794. The van der Waals surface area contributed by atoms with Crippen LogP contribution in [-0.2, 0) is 16.1 Å². The number of aryl methyl sites for hydroxylation is 1. The number of esters is 1. The fourth-order valence-electron chi connectivity index (χ4n) is 2.10. The molecule has 2 rings (SSSR count). The molecule has 0 saturated heterocycles. The van der Waals surface area contributed by atoms with Crippen LogP contribution < -0.4 is 10.1 Å². The molecule has 1 amide bonds. The maximum absolute atomic E-state index is 11.9. The van der Waals surface area contributed by atoms with Crippen LogP contribution in [0.4, 0.5) is 0 Å². The highest BCUT2D eigenvalue weighted by atomic mass is 16.5. The summed E-state index contributed by atoms with van der Waals surface area (Å²) in [5, 5.41) is 2.82.